The van der Waals surface area contributed by atoms with Crippen LogP contribution in [0, 0.1) is 0 Å². The monoisotopic (exact) mass is 169 g/mol. The summed E-state index contributed by atoms with van der Waals surface area (Å²) in [5.41, 5.74) is 5.36. The van der Waals surface area contributed by atoms with Crippen LogP contribution in [0.1, 0.15) is 6.42 Å². The lowest BCUT2D eigenvalue weighted by Crippen LogP contribution is -2.02. The molecule has 0 aliphatic carbocycles. The third kappa shape index (κ3) is 2.71. The molecule has 0 aromatic carbocycles. The first-order valence-electron chi connectivity index (χ1n) is 3.64. The Hall–Kier alpha value is -1.36. The van der Waals surface area contributed by atoms with E-state index in [1.54, 1.807) is 0 Å². The summed E-state index contributed by atoms with van der Waals surface area (Å²) in [6, 6.07) is 0. The summed E-state index contributed by atoms with van der Waals surface area (Å²) in [5.74, 6) is 0.722. The van der Waals surface area contributed by atoms with Gasteiger partial charge in [0.05, 0.1) is 19.0 Å². The summed E-state index contributed by atoms with van der Waals surface area (Å²) in [6.45, 7) is 0.532. The van der Waals surface area contributed by atoms with E-state index in [2.05, 4.69) is 9.97 Å². The molecule has 0 atom stereocenters. The Morgan fingerprint density at radius 3 is 3.00 bits per heavy atom. The fourth-order valence-electron chi connectivity index (χ4n) is 0.673. The van der Waals surface area contributed by atoms with Crippen LogP contribution in [0.2, 0.25) is 0 Å². The Morgan fingerprint density at radius 1 is 1.50 bits per heavy atom. The lowest BCUT2D eigenvalue weighted by Gasteiger charge is -2.02. The van der Waals surface area contributed by atoms with E-state index in [0.29, 0.717) is 24.7 Å². The first-order chi connectivity index (χ1) is 5.83. The zero-order valence-electron chi connectivity index (χ0n) is 6.60. The SMILES string of the molecule is Nc1cncc(OCCCO)n1. The van der Waals surface area contributed by atoms with Gasteiger partial charge < -0.3 is 15.6 Å². The lowest BCUT2D eigenvalue weighted by molar-refractivity contribution is 0.229. The van der Waals surface area contributed by atoms with Crippen LogP contribution in [0.3, 0.4) is 0 Å². The predicted molar refractivity (Wildman–Crippen MR) is 43.6 cm³/mol. The molecule has 0 aliphatic rings. The second kappa shape index (κ2) is 4.50. The van der Waals surface area contributed by atoms with Crippen molar-refractivity contribution in [1.82, 2.24) is 9.97 Å². The molecule has 5 heteroatoms. The molecule has 1 rings (SSSR count). The van der Waals surface area contributed by atoms with Gasteiger partial charge in [0, 0.05) is 13.0 Å². The quantitative estimate of drug-likeness (QED) is 0.611. The van der Waals surface area contributed by atoms with Crippen LogP contribution in [-0.2, 0) is 0 Å². The Morgan fingerprint density at radius 2 is 2.33 bits per heavy atom. The van der Waals surface area contributed by atoms with Gasteiger partial charge >= 0.3 is 0 Å². The fourth-order valence-corrected chi connectivity index (χ4v) is 0.673. The predicted octanol–water partition coefficient (Wildman–Crippen LogP) is -0.180. The Kier molecular flexibility index (Phi) is 3.28. The number of hydrogen-bond donors (Lipinski definition) is 2. The molecule has 0 radical (unpaired) electrons. The van der Waals surface area contributed by atoms with Gasteiger partial charge in [0.1, 0.15) is 5.82 Å². The van der Waals surface area contributed by atoms with Crippen molar-refractivity contribution in [1.29, 1.82) is 0 Å². The smallest absolute Gasteiger partial charge is 0.234 e. The average Bonchev–Trinajstić information content (AvgIpc) is 2.05. The largest absolute Gasteiger partial charge is 0.476 e. The first-order valence-corrected chi connectivity index (χ1v) is 3.64. The third-order valence-corrected chi connectivity index (χ3v) is 1.18. The average molecular weight is 169 g/mol. The van der Waals surface area contributed by atoms with Crippen LogP contribution < -0.4 is 10.5 Å². The molecule has 5 nitrogen and oxygen atoms in total. The van der Waals surface area contributed by atoms with Gasteiger partial charge in [0.2, 0.25) is 5.88 Å². The van der Waals surface area contributed by atoms with E-state index < -0.39 is 0 Å². The Bertz CT molecular complexity index is 242. The molecule has 66 valence electrons. The molecule has 0 bridgehead atoms. The minimum Gasteiger partial charge on any atom is -0.476 e. The molecular formula is C7H11N3O2. The number of nitrogens with zero attached hydrogens (tertiary/aromatic N) is 2. The van der Waals surface area contributed by atoms with Crippen molar-refractivity contribution in [2.45, 2.75) is 6.42 Å². The Balaban J connectivity index is 2.41. The summed E-state index contributed by atoms with van der Waals surface area (Å²) in [5, 5.41) is 8.46. The van der Waals surface area contributed by atoms with Crippen molar-refractivity contribution in [2.24, 2.45) is 0 Å². The molecule has 1 aromatic rings. The van der Waals surface area contributed by atoms with Gasteiger partial charge in [-0.15, -0.1) is 0 Å². The normalized spacial score (nSPS) is 9.75. The first kappa shape index (κ1) is 8.73. The molecule has 0 fully saturated rings. The highest BCUT2D eigenvalue weighted by atomic mass is 16.5. The molecule has 0 amide bonds. The van der Waals surface area contributed by atoms with Crippen LogP contribution in [0.25, 0.3) is 0 Å². The highest BCUT2D eigenvalue weighted by Gasteiger charge is 1.95. The number of hydrogen-bond acceptors (Lipinski definition) is 5. The molecule has 0 saturated heterocycles. The van der Waals surface area contributed by atoms with Crippen molar-refractivity contribution < 1.29 is 9.84 Å². The van der Waals surface area contributed by atoms with Crippen LogP contribution in [0.4, 0.5) is 5.82 Å². The topological polar surface area (TPSA) is 81.3 Å². The molecule has 12 heavy (non-hydrogen) atoms. The van der Waals surface area contributed by atoms with Gasteiger partial charge in [-0.2, -0.15) is 4.98 Å². The van der Waals surface area contributed by atoms with Gasteiger partial charge in [-0.25, -0.2) is 0 Å². The Labute approximate surface area is 70.2 Å². The number of aliphatic hydroxyl groups excluding tert-OH is 1. The second-order valence-corrected chi connectivity index (χ2v) is 2.21. The zero-order chi connectivity index (χ0) is 8.81. The second-order valence-electron chi connectivity index (χ2n) is 2.21. The van der Waals surface area contributed by atoms with Gasteiger partial charge in [0.15, 0.2) is 0 Å². The number of aliphatic hydroxyl groups is 1. The molecule has 0 aliphatic heterocycles. The van der Waals surface area contributed by atoms with Gasteiger partial charge in [-0.1, -0.05) is 0 Å². The molecule has 3 N–H and O–H groups in total. The van der Waals surface area contributed by atoms with E-state index >= 15 is 0 Å². The molecule has 0 unspecified atom stereocenters. The van der Waals surface area contributed by atoms with Crippen molar-refractivity contribution >= 4 is 5.82 Å². The fraction of sp³-hybridized carbons (Fsp3) is 0.429. The van der Waals surface area contributed by atoms with Crippen molar-refractivity contribution in [3.8, 4) is 5.88 Å². The van der Waals surface area contributed by atoms with Gasteiger partial charge in [0.25, 0.3) is 0 Å². The molecule has 0 spiro atoms. The molecule has 1 heterocycles. The number of nitrogen functional groups attached to an aromatic ring is 1. The number of ether oxygens (including phenoxy) is 1. The van der Waals surface area contributed by atoms with Crippen LogP contribution in [-0.4, -0.2) is 28.3 Å². The number of rotatable bonds is 4. The summed E-state index contributed by atoms with van der Waals surface area (Å²) in [7, 11) is 0. The van der Waals surface area contributed by atoms with Gasteiger partial charge in [-0.3, -0.25) is 4.98 Å². The van der Waals surface area contributed by atoms with Crippen molar-refractivity contribution in [3.63, 3.8) is 0 Å². The number of anilines is 1. The lowest BCUT2D eigenvalue weighted by atomic mass is 10.5. The van der Waals surface area contributed by atoms with Crippen LogP contribution in [0.5, 0.6) is 5.88 Å². The number of aromatic nitrogens is 2. The maximum Gasteiger partial charge on any atom is 0.234 e. The molecular weight excluding hydrogens is 158 g/mol. The summed E-state index contributed by atoms with van der Waals surface area (Å²) in [6.07, 6.45) is 3.50. The van der Waals surface area contributed by atoms with Crippen molar-refractivity contribution in [2.75, 3.05) is 18.9 Å². The molecule has 1 aromatic heterocycles. The van der Waals surface area contributed by atoms with Crippen LogP contribution in [0.15, 0.2) is 12.4 Å². The third-order valence-electron chi connectivity index (χ3n) is 1.18. The minimum absolute atomic E-state index is 0.107. The summed E-state index contributed by atoms with van der Waals surface area (Å²) in [4.78, 5) is 7.64. The summed E-state index contributed by atoms with van der Waals surface area (Å²) < 4.78 is 5.11. The molecule has 0 saturated carbocycles. The standard InChI is InChI=1S/C7H11N3O2/c8-6-4-9-5-7(10-6)12-3-1-2-11/h4-5,11H,1-3H2,(H2,8,10). The summed E-state index contributed by atoms with van der Waals surface area (Å²) >= 11 is 0. The zero-order valence-corrected chi connectivity index (χ0v) is 6.60. The maximum absolute atomic E-state index is 8.46. The maximum atomic E-state index is 8.46. The minimum atomic E-state index is 0.107. The van der Waals surface area contributed by atoms with E-state index in [9.17, 15) is 0 Å². The van der Waals surface area contributed by atoms with E-state index in [4.69, 9.17) is 15.6 Å². The van der Waals surface area contributed by atoms with E-state index in [1.807, 2.05) is 0 Å². The highest BCUT2D eigenvalue weighted by molar-refractivity contribution is 5.25. The van der Waals surface area contributed by atoms with Crippen molar-refractivity contribution in [3.05, 3.63) is 12.4 Å². The van der Waals surface area contributed by atoms with E-state index in [0.717, 1.165) is 0 Å². The van der Waals surface area contributed by atoms with Crippen LogP contribution >= 0.6 is 0 Å². The van der Waals surface area contributed by atoms with E-state index in [-0.39, 0.29) is 6.61 Å². The highest BCUT2D eigenvalue weighted by Crippen LogP contribution is 2.05. The van der Waals surface area contributed by atoms with E-state index in [1.165, 1.54) is 12.4 Å². The number of nitrogens with two attached hydrogens (primary N) is 1. The van der Waals surface area contributed by atoms with Gasteiger partial charge in [-0.05, 0) is 0 Å².